The molecule has 1 aromatic heterocycles. The fourth-order valence-electron chi connectivity index (χ4n) is 2.20. The SMILES string of the molecule is Cn1ncc(N2CCC[C@@H](CN)C2)c(Cl)c1=O. The summed E-state index contributed by atoms with van der Waals surface area (Å²) in [6, 6.07) is 0. The number of nitrogens with zero attached hydrogens (tertiary/aromatic N) is 3. The lowest BCUT2D eigenvalue weighted by Crippen LogP contribution is -2.39. The van der Waals surface area contributed by atoms with Gasteiger partial charge in [0.2, 0.25) is 0 Å². The molecule has 0 aromatic carbocycles. The summed E-state index contributed by atoms with van der Waals surface area (Å²) in [5.74, 6) is 0.476. The summed E-state index contributed by atoms with van der Waals surface area (Å²) in [6.07, 6.45) is 3.87. The summed E-state index contributed by atoms with van der Waals surface area (Å²) in [4.78, 5) is 13.8. The molecule has 2 heterocycles. The minimum Gasteiger partial charge on any atom is -0.369 e. The van der Waals surface area contributed by atoms with Crippen molar-refractivity contribution in [2.45, 2.75) is 12.8 Å². The smallest absolute Gasteiger partial charge is 0.287 e. The molecule has 0 aliphatic carbocycles. The highest BCUT2D eigenvalue weighted by Crippen LogP contribution is 2.26. The summed E-state index contributed by atoms with van der Waals surface area (Å²) in [7, 11) is 1.59. The maximum Gasteiger partial charge on any atom is 0.287 e. The molecule has 2 N–H and O–H groups in total. The zero-order valence-electron chi connectivity index (χ0n) is 9.90. The molecule has 17 heavy (non-hydrogen) atoms. The molecule has 0 unspecified atom stereocenters. The number of rotatable bonds is 2. The second kappa shape index (κ2) is 5.06. The van der Waals surface area contributed by atoms with E-state index in [1.54, 1.807) is 13.2 Å². The highest BCUT2D eigenvalue weighted by Gasteiger charge is 2.22. The summed E-state index contributed by atoms with van der Waals surface area (Å²) >= 11 is 6.08. The van der Waals surface area contributed by atoms with Crippen LogP contribution in [0.1, 0.15) is 12.8 Å². The molecule has 0 saturated carbocycles. The Balaban J connectivity index is 2.28. The van der Waals surface area contributed by atoms with Gasteiger partial charge in [0.15, 0.2) is 0 Å². The molecular weight excluding hydrogens is 240 g/mol. The van der Waals surface area contributed by atoms with Crippen LogP contribution in [0.25, 0.3) is 0 Å². The Bertz CT molecular complexity index is 459. The fraction of sp³-hybridized carbons (Fsp3) is 0.636. The van der Waals surface area contributed by atoms with E-state index < -0.39 is 0 Å². The van der Waals surface area contributed by atoms with E-state index in [4.69, 9.17) is 17.3 Å². The largest absolute Gasteiger partial charge is 0.369 e. The number of aryl methyl sites for hydroxylation is 1. The lowest BCUT2D eigenvalue weighted by Gasteiger charge is -2.33. The van der Waals surface area contributed by atoms with Crippen molar-refractivity contribution in [2.24, 2.45) is 18.7 Å². The molecule has 1 aromatic rings. The van der Waals surface area contributed by atoms with Gasteiger partial charge in [0.1, 0.15) is 5.02 Å². The second-order valence-electron chi connectivity index (χ2n) is 4.46. The monoisotopic (exact) mass is 256 g/mol. The summed E-state index contributed by atoms with van der Waals surface area (Å²) in [6.45, 7) is 2.43. The Morgan fingerprint density at radius 1 is 1.65 bits per heavy atom. The summed E-state index contributed by atoms with van der Waals surface area (Å²) in [5.41, 5.74) is 6.17. The van der Waals surface area contributed by atoms with Crippen LogP contribution in [0.4, 0.5) is 5.69 Å². The van der Waals surface area contributed by atoms with Gasteiger partial charge in [0, 0.05) is 20.1 Å². The number of aromatic nitrogens is 2. The van der Waals surface area contributed by atoms with Crippen molar-refractivity contribution in [1.29, 1.82) is 0 Å². The predicted molar refractivity (Wildman–Crippen MR) is 68.5 cm³/mol. The number of anilines is 1. The number of hydrogen-bond acceptors (Lipinski definition) is 4. The molecule has 0 radical (unpaired) electrons. The molecule has 1 atom stereocenters. The van der Waals surface area contributed by atoms with Crippen LogP contribution in [0.5, 0.6) is 0 Å². The van der Waals surface area contributed by atoms with E-state index in [2.05, 4.69) is 10.00 Å². The topological polar surface area (TPSA) is 64.2 Å². The standard InChI is InChI=1S/C11H17ClN4O/c1-15-11(17)10(12)9(6-14-15)16-4-2-3-8(5-13)7-16/h6,8H,2-5,7,13H2,1H3/t8-/m0/s1. The Hall–Kier alpha value is -1.07. The molecule has 1 aliphatic rings. The van der Waals surface area contributed by atoms with Crippen LogP contribution in [-0.2, 0) is 7.05 Å². The number of halogens is 1. The molecule has 2 rings (SSSR count). The Kier molecular flexibility index (Phi) is 3.69. The molecule has 1 saturated heterocycles. The lowest BCUT2D eigenvalue weighted by atomic mass is 9.98. The maximum absolute atomic E-state index is 11.7. The zero-order valence-corrected chi connectivity index (χ0v) is 10.7. The van der Waals surface area contributed by atoms with E-state index in [9.17, 15) is 4.79 Å². The average molecular weight is 257 g/mol. The van der Waals surface area contributed by atoms with Gasteiger partial charge in [-0.3, -0.25) is 4.79 Å². The van der Waals surface area contributed by atoms with Gasteiger partial charge in [-0.25, -0.2) is 4.68 Å². The van der Waals surface area contributed by atoms with Gasteiger partial charge in [-0.2, -0.15) is 5.10 Å². The average Bonchev–Trinajstić information content (AvgIpc) is 2.36. The summed E-state index contributed by atoms with van der Waals surface area (Å²) < 4.78 is 1.25. The first kappa shape index (κ1) is 12.4. The van der Waals surface area contributed by atoms with Crippen molar-refractivity contribution in [1.82, 2.24) is 9.78 Å². The van der Waals surface area contributed by atoms with Gasteiger partial charge in [-0.05, 0) is 25.3 Å². The molecule has 6 heteroatoms. The van der Waals surface area contributed by atoms with E-state index in [-0.39, 0.29) is 10.6 Å². The van der Waals surface area contributed by atoms with Crippen LogP contribution in [0.15, 0.2) is 11.0 Å². The third kappa shape index (κ3) is 2.45. The molecule has 0 amide bonds. The first-order valence-electron chi connectivity index (χ1n) is 5.80. The van der Waals surface area contributed by atoms with Crippen molar-refractivity contribution in [3.63, 3.8) is 0 Å². The minimum atomic E-state index is -0.251. The molecule has 0 spiro atoms. The third-order valence-electron chi connectivity index (χ3n) is 3.25. The number of nitrogens with two attached hydrogens (primary N) is 1. The van der Waals surface area contributed by atoms with Crippen LogP contribution >= 0.6 is 11.6 Å². The Labute approximate surface area is 105 Å². The molecule has 5 nitrogen and oxygen atoms in total. The quantitative estimate of drug-likeness (QED) is 0.842. The molecule has 0 bridgehead atoms. The van der Waals surface area contributed by atoms with Crippen LogP contribution in [0.2, 0.25) is 5.02 Å². The predicted octanol–water partition coefficient (Wildman–Crippen LogP) is 0.609. The maximum atomic E-state index is 11.7. The van der Waals surface area contributed by atoms with E-state index in [0.29, 0.717) is 12.5 Å². The van der Waals surface area contributed by atoms with Gasteiger partial charge >= 0.3 is 0 Å². The molecular formula is C11H17ClN4O. The van der Waals surface area contributed by atoms with Crippen LogP contribution < -0.4 is 16.2 Å². The van der Waals surface area contributed by atoms with Gasteiger partial charge < -0.3 is 10.6 Å². The van der Waals surface area contributed by atoms with Crippen molar-refractivity contribution < 1.29 is 0 Å². The highest BCUT2D eigenvalue weighted by molar-refractivity contribution is 6.33. The van der Waals surface area contributed by atoms with Crippen molar-refractivity contribution in [3.8, 4) is 0 Å². The van der Waals surface area contributed by atoms with Crippen LogP contribution in [0, 0.1) is 5.92 Å². The Morgan fingerprint density at radius 3 is 3.12 bits per heavy atom. The normalized spacial score (nSPS) is 20.6. The van der Waals surface area contributed by atoms with Gasteiger partial charge in [-0.15, -0.1) is 0 Å². The highest BCUT2D eigenvalue weighted by atomic mass is 35.5. The first-order valence-corrected chi connectivity index (χ1v) is 6.18. The number of piperidine rings is 1. The Morgan fingerprint density at radius 2 is 2.41 bits per heavy atom. The minimum absolute atomic E-state index is 0.250. The van der Waals surface area contributed by atoms with Gasteiger partial charge in [0.05, 0.1) is 11.9 Å². The van der Waals surface area contributed by atoms with Crippen LogP contribution in [0.3, 0.4) is 0 Å². The van der Waals surface area contributed by atoms with Gasteiger partial charge in [-0.1, -0.05) is 11.6 Å². The van der Waals surface area contributed by atoms with E-state index in [1.807, 2.05) is 0 Å². The molecule has 94 valence electrons. The van der Waals surface area contributed by atoms with Gasteiger partial charge in [0.25, 0.3) is 5.56 Å². The first-order chi connectivity index (χ1) is 8.13. The van der Waals surface area contributed by atoms with E-state index >= 15 is 0 Å². The van der Waals surface area contributed by atoms with Crippen molar-refractivity contribution in [2.75, 3.05) is 24.5 Å². The summed E-state index contributed by atoms with van der Waals surface area (Å²) in [5, 5.41) is 4.26. The van der Waals surface area contributed by atoms with E-state index in [0.717, 1.165) is 31.6 Å². The zero-order chi connectivity index (χ0) is 12.4. The van der Waals surface area contributed by atoms with Crippen LogP contribution in [-0.4, -0.2) is 29.4 Å². The lowest BCUT2D eigenvalue weighted by molar-refractivity contribution is 0.423. The number of hydrogen-bond donors (Lipinski definition) is 1. The third-order valence-corrected chi connectivity index (χ3v) is 3.61. The fourth-order valence-corrected chi connectivity index (χ4v) is 2.49. The van der Waals surface area contributed by atoms with Crippen molar-refractivity contribution in [3.05, 3.63) is 21.6 Å². The van der Waals surface area contributed by atoms with E-state index in [1.165, 1.54) is 4.68 Å². The molecule has 1 fully saturated rings. The molecule has 1 aliphatic heterocycles. The van der Waals surface area contributed by atoms with Crippen molar-refractivity contribution >= 4 is 17.3 Å². The second-order valence-corrected chi connectivity index (χ2v) is 4.84.